The van der Waals surface area contributed by atoms with Crippen molar-refractivity contribution in [3.05, 3.63) is 23.8 Å². The summed E-state index contributed by atoms with van der Waals surface area (Å²) in [5.41, 5.74) is 1.75. The van der Waals surface area contributed by atoms with Crippen LogP contribution in [0, 0.1) is 11.8 Å². The van der Waals surface area contributed by atoms with E-state index in [-0.39, 0.29) is 34.6 Å². The van der Waals surface area contributed by atoms with E-state index in [4.69, 9.17) is 4.74 Å². The first kappa shape index (κ1) is 20.3. The van der Waals surface area contributed by atoms with Gasteiger partial charge < -0.3 is 9.64 Å². The summed E-state index contributed by atoms with van der Waals surface area (Å²) in [6.07, 6.45) is 3.52. The van der Waals surface area contributed by atoms with Gasteiger partial charge in [0.1, 0.15) is 0 Å². The number of amides is 1. The topological polar surface area (TPSA) is 84.0 Å². The second kappa shape index (κ2) is 7.72. The average molecular weight is 421 g/mol. The lowest BCUT2D eigenvalue weighted by Crippen LogP contribution is -2.40. The lowest BCUT2D eigenvalue weighted by molar-refractivity contribution is -0.149. The maximum Gasteiger partial charge on any atom is 0.309 e. The van der Waals surface area contributed by atoms with Gasteiger partial charge in [-0.15, -0.1) is 0 Å². The van der Waals surface area contributed by atoms with E-state index in [1.807, 2.05) is 11.8 Å². The van der Waals surface area contributed by atoms with Crippen LogP contribution in [0.15, 0.2) is 23.1 Å². The smallest absolute Gasteiger partial charge is 0.309 e. The first-order valence-corrected chi connectivity index (χ1v) is 11.9. The van der Waals surface area contributed by atoms with Gasteiger partial charge in [0.05, 0.1) is 17.4 Å². The molecule has 1 aromatic carbocycles. The Morgan fingerprint density at radius 3 is 2.41 bits per heavy atom. The van der Waals surface area contributed by atoms with Gasteiger partial charge >= 0.3 is 5.97 Å². The van der Waals surface area contributed by atoms with Crippen LogP contribution in [0.3, 0.4) is 0 Å². The normalized spacial score (nSPS) is 23.1. The summed E-state index contributed by atoms with van der Waals surface area (Å²) in [7, 11) is -3.63. The van der Waals surface area contributed by atoms with Crippen molar-refractivity contribution < 1.29 is 22.7 Å². The highest BCUT2D eigenvalue weighted by Gasteiger charge is 2.40. The van der Waals surface area contributed by atoms with E-state index in [1.165, 1.54) is 4.31 Å². The summed E-state index contributed by atoms with van der Waals surface area (Å²) in [5.74, 6) is -0.179. The maximum atomic E-state index is 13.1. The van der Waals surface area contributed by atoms with Crippen LogP contribution in [0.1, 0.15) is 45.1 Å². The average Bonchev–Trinajstić information content (AvgIpc) is 3.49. The Balaban J connectivity index is 1.50. The Bertz CT molecular complexity index is 917. The molecule has 2 aliphatic heterocycles. The van der Waals surface area contributed by atoms with Gasteiger partial charge in [-0.25, -0.2) is 8.42 Å². The van der Waals surface area contributed by atoms with Gasteiger partial charge in [-0.2, -0.15) is 4.31 Å². The summed E-state index contributed by atoms with van der Waals surface area (Å²) < 4.78 is 32.8. The molecular weight excluding hydrogens is 392 g/mol. The van der Waals surface area contributed by atoms with Crippen LogP contribution >= 0.6 is 0 Å². The number of esters is 1. The lowest BCUT2D eigenvalue weighted by Gasteiger charge is -2.30. The van der Waals surface area contributed by atoms with Crippen molar-refractivity contribution in [3.8, 4) is 0 Å². The molecule has 0 unspecified atom stereocenters. The lowest BCUT2D eigenvalue weighted by atomic mass is 9.98. The molecule has 0 spiro atoms. The van der Waals surface area contributed by atoms with Crippen molar-refractivity contribution in [1.29, 1.82) is 0 Å². The van der Waals surface area contributed by atoms with Crippen LogP contribution in [0.25, 0.3) is 0 Å². The van der Waals surface area contributed by atoms with Gasteiger partial charge in [0.2, 0.25) is 15.9 Å². The number of anilines is 1. The van der Waals surface area contributed by atoms with E-state index in [0.29, 0.717) is 39.0 Å². The van der Waals surface area contributed by atoms with Crippen molar-refractivity contribution in [2.75, 3.05) is 24.6 Å². The van der Waals surface area contributed by atoms with Gasteiger partial charge in [-0.1, -0.05) is 0 Å². The molecule has 0 N–H and O–H groups in total. The number of rotatable bonds is 5. The van der Waals surface area contributed by atoms with Crippen LogP contribution in [-0.4, -0.2) is 50.3 Å². The van der Waals surface area contributed by atoms with Gasteiger partial charge in [0, 0.05) is 30.7 Å². The molecule has 1 aliphatic carbocycles. The van der Waals surface area contributed by atoms with E-state index in [2.05, 4.69) is 0 Å². The highest BCUT2D eigenvalue weighted by atomic mass is 32.2. The van der Waals surface area contributed by atoms with Gasteiger partial charge in [0.15, 0.2) is 0 Å². The first-order chi connectivity index (χ1) is 13.8. The molecule has 2 fully saturated rings. The predicted octanol–water partition coefficient (Wildman–Crippen LogP) is 2.34. The Morgan fingerprint density at radius 2 is 1.79 bits per heavy atom. The number of carbonyl (C=O) groups excluding carboxylic acids is 2. The molecule has 7 nitrogen and oxygen atoms in total. The van der Waals surface area contributed by atoms with Crippen LogP contribution < -0.4 is 4.90 Å². The number of carbonyl (C=O) groups is 2. The molecular formula is C21H28N2O5S. The van der Waals surface area contributed by atoms with Crippen LogP contribution in [0.4, 0.5) is 5.69 Å². The minimum absolute atomic E-state index is 0.0522. The van der Waals surface area contributed by atoms with E-state index in [0.717, 1.165) is 24.1 Å². The van der Waals surface area contributed by atoms with Gasteiger partial charge in [-0.3, -0.25) is 9.59 Å². The third-order valence-electron chi connectivity index (χ3n) is 6.14. The molecule has 0 radical (unpaired) electrons. The number of fused-ring (bicyclic) bond motifs is 1. The zero-order chi connectivity index (χ0) is 20.8. The molecule has 0 bridgehead atoms. The number of hydrogen-bond donors (Lipinski definition) is 0. The van der Waals surface area contributed by atoms with E-state index in [9.17, 15) is 18.0 Å². The summed E-state index contributed by atoms with van der Waals surface area (Å²) in [5, 5.41) is 0. The highest BCUT2D eigenvalue weighted by Crippen LogP contribution is 2.40. The zero-order valence-electron chi connectivity index (χ0n) is 17.0. The Labute approximate surface area is 172 Å². The second-order valence-electron chi connectivity index (χ2n) is 8.26. The number of hydrogen-bond acceptors (Lipinski definition) is 5. The molecule has 1 aromatic rings. The summed E-state index contributed by atoms with van der Waals surface area (Å²) >= 11 is 0. The fourth-order valence-corrected chi connectivity index (χ4v) is 5.89. The molecule has 4 rings (SSSR count). The molecule has 1 saturated heterocycles. The van der Waals surface area contributed by atoms with Crippen LogP contribution in [0.2, 0.25) is 0 Å². The second-order valence-corrected chi connectivity index (χ2v) is 10.2. The number of ether oxygens (including phenoxy) is 1. The molecule has 3 aliphatic rings. The molecule has 8 heteroatoms. The number of piperidine rings is 1. The fourth-order valence-electron chi connectivity index (χ4n) is 4.37. The third kappa shape index (κ3) is 3.80. The first-order valence-electron chi connectivity index (χ1n) is 10.5. The molecule has 1 amide bonds. The Morgan fingerprint density at radius 1 is 1.10 bits per heavy atom. The molecule has 1 saturated carbocycles. The molecule has 1 atom stereocenters. The summed E-state index contributed by atoms with van der Waals surface area (Å²) in [6, 6.07) is 5.16. The van der Waals surface area contributed by atoms with Crippen LogP contribution in [0.5, 0.6) is 0 Å². The van der Waals surface area contributed by atoms with Crippen molar-refractivity contribution in [2.24, 2.45) is 11.8 Å². The third-order valence-corrected chi connectivity index (χ3v) is 8.04. The Hall–Kier alpha value is -1.93. The maximum absolute atomic E-state index is 13.1. The number of sulfonamides is 1. The summed E-state index contributed by atoms with van der Waals surface area (Å²) in [4.78, 5) is 26.6. The minimum atomic E-state index is -3.63. The molecule has 0 aromatic heterocycles. The highest BCUT2D eigenvalue weighted by molar-refractivity contribution is 7.89. The molecule has 2 heterocycles. The standard InChI is InChI=1S/C21H28N2O5S/c1-3-28-21(25)16-8-10-22(11-9-16)29(26,27)18-6-7-19-17(13-18)12-14(2)23(19)20(24)15-4-5-15/h6-7,13-16H,3-5,8-12H2,1-2H3/t14-/m0/s1. The predicted molar refractivity (Wildman–Crippen MR) is 108 cm³/mol. The van der Waals surface area contributed by atoms with Crippen molar-refractivity contribution in [3.63, 3.8) is 0 Å². The zero-order valence-corrected chi connectivity index (χ0v) is 17.8. The van der Waals surface area contributed by atoms with E-state index in [1.54, 1.807) is 25.1 Å². The van der Waals surface area contributed by atoms with Gasteiger partial charge in [-0.05, 0) is 69.7 Å². The number of benzene rings is 1. The quantitative estimate of drug-likeness (QED) is 0.683. The van der Waals surface area contributed by atoms with Crippen molar-refractivity contribution >= 4 is 27.6 Å². The Kier molecular flexibility index (Phi) is 5.42. The SMILES string of the molecule is CCOC(=O)C1CCN(S(=O)(=O)c2ccc3c(c2)C[C@H](C)N3C(=O)C2CC2)CC1. The van der Waals surface area contributed by atoms with Crippen molar-refractivity contribution in [1.82, 2.24) is 4.31 Å². The molecule has 158 valence electrons. The number of nitrogens with zero attached hydrogens (tertiary/aromatic N) is 2. The monoisotopic (exact) mass is 420 g/mol. The minimum Gasteiger partial charge on any atom is -0.466 e. The van der Waals surface area contributed by atoms with E-state index < -0.39 is 10.0 Å². The van der Waals surface area contributed by atoms with Crippen molar-refractivity contribution in [2.45, 2.75) is 56.9 Å². The van der Waals surface area contributed by atoms with Gasteiger partial charge in [0.25, 0.3) is 0 Å². The molecule has 29 heavy (non-hydrogen) atoms. The largest absolute Gasteiger partial charge is 0.466 e. The van der Waals surface area contributed by atoms with Crippen LogP contribution in [-0.2, 0) is 30.8 Å². The summed E-state index contributed by atoms with van der Waals surface area (Å²) in [6.45, 7) is 4.74. The van der Waals surface area contributed by atoms with E-state index >= 15 is 0 Å². The fraction of sp³-hybridized carbons (Fsp3) is 0.619.